The van der Waals surface area contributed by atoms with Crippen molar-refractivity contribution < 1.29 is 4.21 Å². The van der Waals surface area contributed by atoms with Crippen molar-refractivity contribution in [1.82, 2.24) is 9.97 Å². The van der Waals surface area contributed by atoms with Crippen LogP contribution in [0.1, 0.15) is 5.56 Å². The molecule has 18 heavy (non-hydrogen) atoms. The minimum atomic E-state index is -1.10. The molecule has 0 aliphatic rings. The monoisotopic (exact) mass is 274 g/mol. The highest BCUT2D eigenvalue weighted by molar-refractivity contribution is 7.86. The average molecular weight is 274 g/mol. The Bertz CT molecular complexity index is 661. The second-order valence-electron chi connectivity index (χ2n) is 3.78. The molecular formula is C13H10N2OS2. The minimum Gasteiger partial charge on any atom is -0.252 e. The van der Waals surface area contributed by atoms with E-state index in [2.05, 4.69) is 9.97 Å². The van der Waals surface area contributed by atoms with Gasteiger partial charge < -0.3 is 0 Å². The van der Waals surface area contributed by atoms with Gasteiger partial charge in [-0.1, -0.05) is 30.3 Å². The Morgan fingerprint density at radius 1 is 1.11 bits per heavy atom. The first-order valence-corrected chi connectivity index (χ1v) is 7.60. The lowest BCUT2D eigenvalue weighted by Gasteiger charge is -1.97. The number of rotatable bonds is 3. The van der Waals surface area contributed by atoms with Crippen molar-refractivity contribution in [2.45, 2.75) is 10.1 Å². The third-order valence-corrected chi connectivity index (χ3v) is 5.17. The first kappa shape index (κ1) is 11.5. The normalized spacial score (nSPS) is 12.7. The zero-order valence-corrected chi connectivity index (χ0v) is 11.1. The fourth-order valence-electron chi connectivity index (χ4n) is 1.63. The summed E-state index contributed by atoms with van der Waals surface area (Å²) in [4.78, 5) is 8.47. The van der Waals surface area contributed by atoms with Crippen LogP contribution in [0.5, 0.6) is 0 Å². The van der Waals surface area contributed by atoms with Crippen LogP contribution in [0.4, 0.5) is 0 Å². The quantitative estimate of drug-likeness (QED) is 0.737. The summed E-state index contributed by atoms with van der Waals surface area (Å²) in [6.07, 6.45) is 1.70. The molecule has 0 saturated carbocycles. The second-order valence-corrected chi connectivity index (χ2v) is 6.44. The summed E-state index contributed by atoms with van der Waals surface area (Å²) < 4.78 is 13.8. The predicted octanol–water partition coefficient (Wildman–Crippen LogP) is 3.00. The van der Waals surface area contributed by atoms with Crippen molar-refractivity contribution in [3.05, 3.63) is 54.2 Å². The van der Waals surface area contributed by atoms with Gasteiger partial charge in [-0.05, 0) is 17.7 Å². The van der Waals surface area contributed by atoms with Crippen LogP contribution < -0.4 is 0 Å². The molecule has 3 aromatic rings. The van der Waals surface area contributed by atoms with E-state index in [-0.39, 0.29) is 0 Å². The molecule has 1 atom stereocenters. The Hall–Kier alpha value is -1.59. The van der Waals surface area contributed by atoms with E-state index in [0.29, 0.717) is 15.7 Å². The van der Waals surface area contributed by atoms with Crippen LogP contribution in [-0.2, 0) is 16.6 Å². The zero-order chi connectivity index (χ0) is 12.4. The number of aromatic nitrogens is 2. The van der Waals surface area contributed by atoms with Crippen LogP contribution in [0.2, 0.25) is 0 Å². The molecule has 5 heteroatoms. The van der Waals surface area contributed by atoms with Gasteiger partial charge in [0.25, 0.3) is 0 Å². The molecule has 90 valence electrons. The topological polar surface area (TPSA) is 42.9 Å². The van der Waals surface area contributed by atoms with E-state index in [1.54, 1.807) is 6.20 Å². The van der Waals surface area contributed by atoms with Gasteiger partial charge in [-0.15, -0.1) is 11.3 Å². The van der Waals surface area contributed by atoms with Gasteiger partial charge in [-0.25, -0.2) is 9.97 Å². The number of thiazole rings is 1. The van der Waals surface area contributed by atoms with Crippen LogP contribution in [-0.4, -0.2) is 14.2 Å². The molecule has 0 aliphatic heterocycles. The van der Waals surface area contributed by atoms with E-state index in [1.807, 2.05) is 42.5 Å². The van der Waals surface area contributed by atoms with E-state index in [0.717, 1.165) is 10.3 Å². The summed E-state index contributed by atoms with van der Waals surface area (Å²) in [7, 11) is -1.10. The standard InChI is InChI=1S/C13H10N2OS2/c16-18(9-10-5-2-1-3-6-10)13-15-12-11(17-13)7-4-8-14-12/h1-8H,9H2. The molecule has 0 bridgehead atoms. The first-order chi connectivity index (χ1) is 8.83. The predicted molar refractivity (Wildman–Crippen MR) is 74.0 cm³/mol. The maximum absolute atomic E-state index is 12.2. The van der Waals surface area contributed by atoms with Gasteiger partial charge in [0.05, 0.1) is 21.3 Å². The van der Waals surface area contributed by atoms with Crippen molar-refractivity contribution >= 4 is 32.5 Å². The van der Waals surface area contributed by atoms with Gasteiger partial charge in [-0.3, -0.25) is 4.21 Å². The van der Waals surface area contributed by atoms with E-state index < -0.39 is 10.8 Å². The molecule has 2 aromatic heterocycles. The Labute approximate surface area is 111 Å². The molecule has 0 radical (unpaired) electrons. The Kier molecular flexibility index (Phi) is 3.17. The summed E-state index contributed by atoms with van der Waals surface area (Å²) in [6, 6.07) is 13.6. The Morgan fingerprint density at radius 2 is 1.94 bits per heavy atom. The molecule has 3 nitrogen and oxygen atoms in total. The van der Waals surface area contributed by atoms with E-state index in [9.17, 15) is 4.21 Å². The average Bonchev–Trinajstić information content (AvgIpc) is 2.84. The van der Waals surface area contributed by atoms with E-state index >= 15 is 0 Å². The highest BCUT2D eigenvalue weighted by atomic mass is 32.2. The molecule has 2 heterocycles. The van der Waals surface area contributed by atoms with Crippen LogP contribution in [0, 0.1) is 0 Å². The van der Waals surface area contributed by atoms with Gasteiger partial charge in [-0.2, -0.15) is 0 Å². The lowest BCUT2D eigenvalue weighted by Crippen LogP contribution is -1.95. The molecule has 0 spiro atoms. The van der Waals surface area contributed by atoms with Gasteiger partial charge in [0.1, 0.15) is 0 Å². The molecule has 0 fully saturated rings. The van der Waals surface area contributed by atoms with Crippen molar-refractivity contribution in [3.8, 4) is 0 Å². The Morgan fingerprint density at radius 3 is 2.72 bits per heavy atom. The van der Waals surface area contributed by atoms with Crippen molar-refractivity contribution in [2.75, 3.05) is 0 Å². The lowest BCUT2D eigenvalue weighted by molar-refractivity contribution is 0.682. The largest absolute Gasteiger partial charge is 0.252 e. The molecule has 1 unspecified atom stereocenters. The van der Waals surface area contributed by atoms with E-state index in [4.69, 9.17) is 0 Å². The highest BCUT2D eigenvalue weighted by Gasteiger charge is 2.11. The van der Waals surface area contributed by atoms with Gasteiger partial charge in [0, 0.05) is 6.20 Å². The minimum absolute atomic E-state index is 0.501. The summed E-state index contributed by atoms with van der Waals surface area (Å²) in [5, 5.41) is 0. The molecule has 1 aromatic carbocycles. The maximum atomic E-state index is 12.2. The van der Waals surface area contributed by atoms with Crippen LogP contribution in [0.3, 0.4) is 0 Å². The van der Waals surface area contributed by atoms with Crippen LogP contribution >= 0.6 is 11.3 Å². The summed E-state index contributed by atoms with van der Waals surface area (Å²) in [5.41, 5.74) is 1.74. The number of hydrogen-bond donors (Lipinski definition) is 0. The molecule has 3 rings (SSSR count). The number of hydrogen-bond acceptors (Lipinski definition) is 4. The summed E-state index contributed by atoms with van der Waals surface area (Å²) >= 11 is 1.45. The van der Waals surface area contributed by atoms with Gasteiger partial charge >= 0.3 is 0 Å². The maximum Gasteiger partial charge on any atom is 0.183 e. The van der Waals surface area contributed by atoms with Crippen molar-refractivity contribution in [2.24, 2.45) is 0 Å². The van der Waals surface area contributed by atoms with Crippen LogP contribution in [0.15, 0.2) is 53.0 Å². The van der Waals surface area contributed by atoms with Crippen LogP contribution in [0.25, 0.3) is 10.3 Å². The molecule has 0 N–H and O–H groups in total. The van der Waals surface area contributed by atoms with Crippen molar-refractivity contribution in [3.63, 3.8) is 0 Å². The number of nitrogens with zero attached hydrogens (tertiary/aromatic N) is 2. The highest BCUT2D eigenvalue weighted by Crippen LogP contribution is 2.23. The SMILES string of the molecule is O=S(Cc1ccccc1)c1nc2ncccc2s1. The first-order valence-electron chi connectivity index (χ1n) is 5.47. The third kappa shape index (κ3) is 2.32. The molecule has 0 amide bonds. The fourth-order valence-corrected chi connectivity index (χ4v) is 3.92. The third-order valence-electron chi connectivity index (χ3n) is 2.48. The molecule has 0 saturated heterocycles. The lowest BCUT2D eigenvalue weighted by atomic mass is 10.2. The zero-order valence-electron chi connectivity index (χ0n) is 9.45. The van der Waals surface area contributed by atoms with Crippen molar-refractivity contribution in [1.29, 1.82) is 0 Å². The number of benzene rings is 1. The number of pyridine rings is 1. The number of fused-ring (bicyclic) bond motifs is 1. The summed E-state index contributed by atoms with van der Waals surface area (Å²) in [5.74, 6) is 0.501. The fraction of sp³-hybridized carbons (Fsp3) is 0.0769. The summed E-state index contributed by atoms with van der Waals surface area (Å²) in [6.45, 7) is 0. The Balaban J connectivity index is 1.88. The van der Waals surface area contributed by atoms with Gasteiger partial charge in [0.15, 0.2) is 9.99 Å². The second kappa shape index (κ2) is 4.96. The molecular weight excluding hydrogens is 264 g/mol. The van der Waals surface area contributed by atoms with E-state index in [1.165, 1.54) is 11.3 Å². The molecule has 0 aliphatic carbocycles. The smallest absolute Gasteiger partial charge is 0.183 e. The van der Waals surface area contributed by atoms with Gasteiger partial charge in [0.2, 0.25) is 0 Å².